The molecule has 1 atom stereocenters. The third kappa shape index (κ3) is 4.55. The lowest BCUT2D eigenvalue weighted by Crippen LogP contribution is -2.53. The molecule has 2 aromatic rings. The van der Waals surface area contributed by atoms with Gasteiger partial charge in [-0.1, -0.05) is 23.2 Å². The van der Waals surface area contributed by atoms with Crippen molar-refractivity contribution in [3.63, 3.8) is 0 Å². The van der Waals surface area contributed by atoms with E-state index in [-0.39, 0.29) is 12.1 Å². The first-order valence-corrected chi connectivity index (χ1v) is 10.3. The summed E-state index contributed by atoms with van der Waals surface area (Å²) in [6, 6.07) is 5.13. The molecule has 1 aromatic heterocycles. The van der Waals surface area contributed by atoms with E-state index in [0.717, 1.165) is 12.8 Å². The Hall–Kier alpha value is -2.16. The minimum absolute atomic E-state index is 0.125. The van der Waals surface area contributed by atoms with Crippen LogP contribution in [-0.2, 0) is 9.59 Å². The lowest BCUT2D eigenvalue weighted by molar-refractivity contribution is -0.147. The normalized spacial score (nSPS) is 18.5. The Balaban J connectivity index is 1.36. The van der Waals surface area contributed by atoms with Gasteiger partial charge in [0.1, 0.15) is 0 Å². The molecule has 1 saturated heterocycles. The highest BCUT2D eigenvalue weighted by molar-refractivity contribution is 6.36. The molecule has 8 nitrogen and oxygen atoms in total. The number of carbonyl (C=O) groups excluding carboxylic acids is 2. The summed E-state index contributed by atoms with van der Waals surface area (Å²) in [7, 11) is 0. The van der Waals surface area contributed by atoms with E-state index in [9.17, 15) is 9.59 Å². The SMILES string of the molecule is CC(c1nnc(-c2ccc(Cl)cc2Cl)o1)N1CCN(C(=O)C(=O)NC2CC2)CC1. The van der Waals surface area contributed by atoms with Crippen LogP contribution in [0.3, 0.4) is 0 Å². The van der Waals surface area contributed by atoms with E-state index in [2.05, 4.69) is 20.4 Å². The van der Waals surface area contributed by atoms with Crippen molar-refractivity contribution in [2.75, 3.05) is 26.2 Å². The second-order valence-corrected chi connectivity index (χ2v) is 8.17. The number of benzene rings is 1. The molecule has 2 fully saturated rings. The maximum absolute atomic E-state index is 12.3. The van der Waals surface area contributed by atoms with Crippen LogP contribution >= 0.6 is 23.2 Å². The first-order valence-electron chi connectivity index (χ1n) is 9.55. The van der Waals surface area contributed by atoms with Crippen molar-refractivity contribution in [2.45, 2.75) is 31.8 Å². The zero-order chi connectivity index (χ0) is 20.5. The number of rotatable bonds is 4. The standard InChI is InChI=1S/C19H21Cl2N5O3/c1-11(17-23-24-18(29-17)14-5-2-12(20)10-15(14)21)25-6-8-26(9-7-25)19(28)16(27)22-13-3-4-13/h2,5,10-11,13H,3-4,6-9H2,1H3,(H,22,27). The smallest absolute Gasteiger partial charge is 0.311 e. The number of aromatic nitrogens is 2. The molecular weight excluding hydrogens is 417 g/mol. The summed E-state index contributed by atoms with van der Waals surface area (Å²) in [6.07, 6.45) is 1.91. The lowest BCUT2D eigenvalue weighted by Gasteiger charge is -2.36. The molecule has 4 rings (SSSR count). The third-order valence-electron chi connectivity index (χ3n) is 5.22. The lowest BCUT2D eigenvalue weighted by atomic mass is 10.2. The molecule has 0 radical (unpaired) electrons. The van der Waals surface area contributed by atoms with Crippen LogP contribution < -0.4 is 5.32 Å². The Morgan fingerprint density at radius 1 is 1.17 bits per heavy atom. The fraction of sp³-hybridized carbons (Fsp3) is 0.474. The Morgan fingerprint density at radius 2 is 1.90 bits per heavy atom. The van der Waals surface area contributed by atoms with Crippen LogP contribution in [0.2, 0.25) is 10.0 Å². The zero-order valence-corrected chi connectivity index (χ0v) is 17.4. The molecule has 154 valence electrons. The van der Waals surface area contributed by atoms with E-state index in [4.69, 9.17) is 27.6 Å². The van der Waals surface area contributed by atoms with Gasteiger partial charge in [0.15, 0.2) is 0 Å². The summed E-state index contributed by atoms with van der Waals surface area (Å²) in [4.78, 5) is 27.9. The topological polar surface area (TPSA) is 91.6 Å². The van der Waals surface area contributed by atoms with Crippen molar-refractivity contribution < 1.29 is 14.0 Å². The van der Waals surface area contributed by atoms with Gasteiger partial charge in [0.2, 0.25) is 11.8 Å². The number of piperazine rings is 1. The van der Waals surface area contributed by atoms with Crippen molar-refractivity contribution in [1.29, 1.82) is 0 Å². The van der Waals surface area contributed by atoms with Gasteiger partial charge >= 0.3 is 11.8 Å². The molecule has 1 saturated carbocycles. The number of nitrogens with zero attached hydrogens (tertiary/aromatic N) is 4. The van der Waals surface area contributed by atoms with E-state index in [1.807, 2.05) is 6.92 Å². The summed E-state index contributed by atoms with van der Waals surface area (Å²) < 4.78 is 5.83. The van der Waals surface area contributed by atoms with Gasteiger partial charge in [-0.3, -0.25) is 14.5 Å². The molecule has 1 aliphatic carbocycles. The highest BCUT2D eigenvalue weighted by Gasteiger charge is 2.32. The van der Waals surface area contributed by atoms with E-state index < -0.39 is 11.8 Å². The number of hydrogen-bond donors (Lipinski definition) is 1. The fourth-order valence-corrected chi connectivity index (χ4v) is 3.75. The maximum atomic E-state index is 12.3. The summed E-state index contributed by atoms with van der Waals surface area (Å²) in [6.45, 7) is 4.15. The van der Waals surface area contributed by atoms with Gasteiger partial charge < -0.3 is 14.6 Å². The molecule has 2 heterocycles. The molecule has 29 heavy (non-hydrogen) atoms. The number of halogens is 2. The minimum Gasteiger partial charge on any atom is -0.419 e. The van der Waals surface area contributed by atoms with Gasteiger partial charge in [0.05, 0.1) is 16.6 Å². The highest BCUT2D eigenvalue weighted by Crippen LogP contribution is 2.31. The van der Waals surface area contributed by atoms with Crippen molar-refractivity contribution in [2.24, 2.45) is 0 Å². The largest absolute Gasteiger partial charge is 0.419 e. The van der Waals surface area contributed by atoms with Crippen molar-refractivity contribution >= 4 is 35.0 Å². The molecule has 10 heteroatoms. The van der Waals surface area contributed by atoms with Gasteiger partial charge in [-0.05, 0) is 38.0 Å². The monoisotopic (exact) mass is 437 g/mol. The Morgan fingerprint density at radius 3 is 2.55 bits per heavy atom. The summed E-state index contributed by atoms with van der Waals surface area (Å²) in [5.41, 5.74) is 0.624. The number of carbonyl (C=O) groups is 2. The van der Waals surface area contributed by atoms with Crippen LogP contribution in [0.4, 0.5) is 0 Å². The van der Waals surface area contributed by atoms with Crippen LogP contribution in [0, 0.1) is 0 Å². The van der Waals surface area contributed by atoms with Crippen molar-refractivity contribution in [3.8, 4) is 11.5 Å². The average Bonchev–Trinajstić information content (AvgIpc) is 3.39. The number of amides is 2. The maximum Gasteiger partial charge on any atom is 0.311 e. The van der Waals surface area contributed by atoms with Crippen LogP contribution in [0.25, 0.3) is 11.5 Å². The van der Waals surface area contributed by atoms with Gasteiger partial charge in [-0.25, -0.2) is 0 Å². The number of nitrogens with one attached hydrogen (secondary N) is 1. The van der Waals surface area contributed by atoms with E-state index in [0.29, 0.717) is 53.6 Å². The predicted octanol–water partition coefficient (Wildman–Crippen LogP) is 2.53. The molecular formula is C19H21Cl2N5O3. The summed E-state index contributed by atoms with van der Waals surface area (Å²) >= 11 is 12.1. The number of hydrogen-bond acceptors (Lipinski definition) is 6. The Bertz CT molecular complexity index is 922. The molecule has 1 N–H and O–H groups in total. The summed E-state index contributed by atoms with van der Waals surface area (Å²) in [5.74, 6) is -0.159. The van der Waals surface area contributed by atoms with Gasteiger partial charge in [-0.15, -0.1) is 10.2 Å². The van der Waals surface area contributed by atoms with Crippen LogP contribution in [0.1, 0.15) is 31.7 Å². The van der Waals surface area contributed by atoms with Crippen molar-refractivity contribution in [3.05, 3.63) is 34.1 Å². The van der Waals surface area contributed by atoms with Crippen molar-refractivity contribution in [1.82, 2.24) is 25.3 Å². The molecule has 0 bridgehead atoms. The second-order valence-electron chi connectivity index (χ2n) is 7.32. The van der Waals surface area contributed by atoms with E-state index in [1.165, 1.54) is 0 Å². The van der Waals surface area contributed by atoms with Crippen LogP contribution in [-0.4, -0.2) is 64.0 Å². The summed E-state index contributed by atoms with van der Waals surface area (Å²) in [5, 5.41) is 12.0. The van der Waals surface area contributed by atoms with Gasteiger partial charge in [0, 0.05) is 37.2 Å². The Kier molecular flexibility index (Phi) is 5.76. The van der Waals surface area contributed by atoms with Crippen LogP contribution in [0.5, 0.6) is 0 Å². The minimum atomic E-state index is -0.504. The Labute approximate surface area is 178 Å². The quantitative estimate of drug-likeness (QED) is 0.738. The molecule has 2 aliphatic rings. The third-order valence-corrected chi connectivity index (χ3v) is 5.76. The first kappa shape index (κ1) is 20.1. The molecule has 2 amide bonds. The van der Waals surface area contributed by atoms with Crippen LogP contribution in [0.15, 0.2) is 22.6 Å². The fourth-order valence-electron chi connectivity index (χ4n) is 3.26. The molecule has 1 unspecified atom stereocenters. The molecule has 1 aromatic carbocycles. The average molecular weight is 438 g/mol. The zero-order valence-electron chi connectivity index (χ0n) is 15.9. The highest BCUT2D eigenvalue weighted by atomic mass is 35.5. The van der Waals surface area contributed by atoms with Gasteiger partial charge in [0.25, 0.3) is 0 Å². The van der Waals surface area contributed by atoms with Gasteiger partial charge in [-0.2, -0.15) is 0 Å². The second kappa shape index (κ2) is 8.30. The molecule has 1 aliphatic heterocycles. The van der Waals surface area contributed by atoms with E-state index in [1.54, 1.807) is 23.1 Å². The first-order chi connectivity index (χ1) is 13.9. The van der Waals surface area contributed by atoms with E-state index >= 15 is 0 Å². The predicted molar refractivity (Wildman–Crippen MR) is 107 cm³/mol. The molecule has 0 spiro atoms.